The molecule has 2 aromatic heterocycles. The lowest BCUT2D eigenvalue weighted by molar-refractivity contribution is 0.0617. The van der Waals surface area contributed by atoms with E-state index in [1.54, 1.807) is 0 Å². The van der Waals surface area contributed by atoms with Crippen LogP contribution < -0.4 is 5.73 Å². The van der Waals surface area contributed by atoms with Crippen molar-refractivity contribution in [3.8, 4) is 11.3 Å². The molecule has 0 aromatic carbocycles. The van der Waals surface area contributed by atoms with E-state index in [4.69, 9.17) is 5.73 Å². The van der Waals surface area contributed by atoms with Gasteiger partial charge < -0.3 is 10.6 Å². The predicted octanol–water partition coefficient (Wildman–Crippen LogP) is 1.38. The van der Waals surface area contributed by atoms with Crippen LogP contribution in [0.2, 0.25) is 0 Å². The number of nitrogens with two attached hydrogens (primary N) is 1. The van der Waals surface area contributed by atoms with Crippen molar-refractivity contribution in [3.63, 3.8) is 0 Å². The zero-order chi connectivity index (χ0) is 16.6. The molecule has 1 amide bonds. The average Bonchev–Trinajstić information content (AvgIpc) is 3.12. The minimum absolute atomic E-state index is 0.0157. The third kappa shape index (κ3) is 2.76. The molecule has 7 heteroatoms. The number of likely N-dealkylation sites (tertiary alicyclic amines) is 1. The molecule has 124 valence electrons. The second kappa shape index (κ2) is 6.16. The van der Waals surface area contributed by atoms with Crippen molar-refractivity contribution in [2.75, 3.05) is 13.1 Å². The van der Waals surface area contributed by atoms with Crippen molar-refractivity contribution in [1.82, 2.24) is 24.9 Å². The van der Waals surface area contributed by atoms with Crippen molar-refractivity contribution >= 4 is 5.91 Å². The maximum absolute atomic E-state index is 12.8. The fourth-order valence-electron chi connectivity index (χ4n) is 3.37. The summed E-state index contributed by atoms with van der Waals surface area (Å²) >= 11 is 0. The second-order valence-corrected chi connectivity index (χ2v) is 6.22. The van der Waals surface area contributed by atoms with Crippen LogP contribution in [0.15, 0.2) is 6.07 Å². The Balaban J connectivity index is 1.88. The fraction of sp³-hybridized carbons (Fsp3) is 0.562. The van der Waals surface area contributed by atoms with Gasteiger partial charge in [-0.25, -0.2) is 0 Å². The van der Waals surface area contributed by atoms with Crippen LogP contribution in [0.1, 0.15) is 41.1 Å². The minimum atomic E-state index is -0.0157. The smallest absolute Gasteiger partial charge is 0.272 e. The maximum Gasteiger partial charge on any atom is 0.272 e. The molecule has 1 unspecified atom stereocenters. The SMILES string of the molecule is Cc1nn(C)c(C)c1-c1cc(C(=O)N2CCCCC2CN)[nH]n1. The maximum atomic E-state index is 12.8. The summed E-state index contributed by atoms with van der Waals surface area (Å²) in [4.78, 5) is 14.6. The lowest BCUT2D eigenvalue weighted by Gasteiger charge is -2.34. The fourth-order valence-corrected chi connectivity index (χ4v) is 3.37. The quantitative estimate of drug-likeness (QED) is 0.894. The molecule has 1 saturated heterocycles. The summed E-state index contributed by atoms with van der Waals surface area (Å²) in [5, 5.41) is 11.6. The van der Waals surface area contributed by atoms with Gasteiger partial charge in [0, 0.05) is 37.4 Å². The molecule has 1 fully saturated rings. The molecule has 23 heavy (non-hydrogen) atoms. The summed E-state index contributed by atoms with van der Waals surface area (Å²) in [6, 6.07) is 1.95. The highest BCUT2D eigenvalue weighted by atomic mass is 16.2. The number of aryl methyl sites for hydroxylation is 2. The molecule has 1 aliphatic heterocycles. The first-order chi connectivity index (χ1) is 11.0. The van der Waals surface area contributed by atoms with Gasteiger partial charge >= 0.3 is 0 Å². The number of aromatic amines is 1. The largest absolute Gasteiger partial charge is 0.333 e. The standard InChI is InChI=1S/C16H24N6O/c1-10-15(11(2)21(3)20-10)13-8-14(19-18-13)16(23)22-7-5-4-6-12(22)9-17/h8,12H,4-7,9,17H2,1-3H3,(H,18,19). The molecule has 0 spiro atoms. The number of rotatable bonds is 3. The summed E-state index contributed by atoms with van der Waals surface area (Å²) in [6.07, 6.45) is 3.14. The summed E-state index contributed by atoms with van der Waals surface area (Å²) in [5.41, 5.74) is 10.0. The van der Waals surface area contributed by atoms with Gasteiger partial charge in [0.15, 0.2) is 0 Å². The molecule has 2 aromatic rings. The van der Waals surface area contributed by atoms with Gasteiger partial charge in [0.25, 0.3) is 5.91 Å². The lowest BCUT2D eigenvalue weighted by atomic mass is 10.0. The third-order valence-corrected chi connectivity index (χ3v) is 4.73. The van der Waals surface area contributed by atoms with Crippen molar-refractivity contribution in [2.45, 2.75) is 39.2 Å². The first-order valence-corrected chi connectivity index (χ1v) is 8.10. The second-order valence-electron chi connectivity index (χ2n) is 6.22. The van der Waals surface area contributed by atoms with Crippen molar-refractivity contribution in [1.29, 1.82) is 0 Å². The van der Waals surface area contributed by atoms with E-state index >= 15 is 0 Å². The normalized spacial score (nSPS) is 18.4. The Morgan fingerprint density at radius 2 is 2.22 bits per heavy atom. The summed E-state index contributed by atoms with van der Waals surface area (Å²) < 4.78 is 1.83. The Hall–Kier alpha value is -2.15. The van der Waals surface area contributed by atoms with Crippen molar-refractivity contribution in [2.24, 2.45) is 12.8 Å². The Kier molecular flexibility index (Phi) is 4.21. The number of nitrogens with one attached hydrogen (secondary N) is 1. The van der Waals surface area contributed by atoms with E-state index in [-0.39, 0.29) is 11.9 Å². The van der Waals surface area contributed by atoms with Gasteiger partial charge in [-0.1, -0.05) is 0 Å². The third-order valence-electron chi connectivity index (χ3n) is 4.73. The van der Waals surface area contributed by atoms with Crippen LogP contribution >= 0.6 is 0 Å². The van der Waals surface area contributed by atoms with Gasteiger partial charge in [-0.15, -0.1) is 0 Å². The molecule has 0 radical (unpaired) electrons. The highest BCUT2D eigenvalue weighted by Crippen LogP contribution is 2.26. The first kappa shape index (κ1) is 15.7. The molecule has 1 atom stereocenters. The van der Waals surface area contributed by atoms with E-state index in [2.05, 4.69) is 15.3 Å². The summed E-state index contributed by atoms with van der Waals surface area (Å²) in [6.45, 7) is 5.22. The van der Waals surface area contributed by atoms with Crippen LogP contribution in [0.4, 0.5) is 0 Å². The van der Waals surface area contributed by atoms with Crippen LogP contribution in [0.5, 0.6) is 0 Å². The molecule has 3 N–H and O–H groups in total. The number of H-pyrrole nitrogens is 1. The number of amides is 1. The highest BCUT2D eigenvalue weighted by Gasteiger charge is 2.28. The Labute approximate surface area is 135 Å². The molecule has 3 rings (SSSR count). The molecular weight excluding hydrogens is 292 g/mol. The van der Waals surface area contributed by atoms with Gasteiger partial charge in [-0.2, -0.15) is 10.2 Å². The topological polar surface area (TPSA) is 92.8 Å². The monoisotopic (exact) mass is 316 g/mol. The van der Waals surface area contributed by atoms with Crippen molar-refractivity contribution < 1.29 is 4.79 Å². The Bertz CT molecular complexity index is 716. The molecule has 7 nitrogen and oxygen atoms in total. The van der Waals surface area contributed by atoms with Gasteiger partial charge in [-0.3, -0.25) is 14.6 Å². The number of carbonyl (C=O) groups is 1. The van der Waals surface area contributed by atoms with Gasteiger partial charge in [0.1, 0.15) is 5.69 Å². The zero-order valence-electron chi connectivity index (χ0n) is 14.0. The summed E-state index contributed by atoms with van der Waals surface area (Å²) in [7, 11) is 1.91. The average molecular weight is 316 g/mol. The number of hydrogen-bond acceptors (Lipinski definition) is 4. The number of nitrogens with zero attached hydrogens (tertiary/aromatic N) is 4. The molecule has 1 aliphatic rings. The van der Waals surface area contributed by atoms with E-state index in [1.165, 1.54) is 0 Å². The van der Waals surface area contributed by atoms with Gasteiger partial charge in [0.05, 0.1) is 11.4 Å². The molecule has 0 bridgehead atoms. The molecule has 0 aliphatic carbocycles. The lowest BCUT2D eigenvalue weighted by Crippen LogP contribution is -2.47. The highest BCUT2D eigenvalue weighted by molar-refractivity contribution is 5.93. The Morgan fingerprint density at radius 3 is 2.87 bits per heavy atom. The number of piperidine rings is 1. The first-order valence-electron chi connectivity index (χ1n) is 8.10. The van der Waals surface area contributed by atoms with E-state index in [9.17, 15) is 4.79 Å². The number of hydrogen-bond donors (Lipinski definition) is 2. The molecule has 3 heterocycles. The molecule has 0 saturated carbocycles. The predicted molar refractivity (Wildman–Crippen MR) is 88.0 cm³/mol. The summed E-state index contributed by atoms with van der Waals surface area (Å²) in [5.74, 6) is -0.0157. The van der Waals surface area contributed by atoms with Crippen LogP contribution in [0, 0.1) is 13.8 Å². The van der Waals surface area contributed by atoms with Crippen LogP contribution in [0.3, 0.4) is 0 Å². The van der Waals surface area contributed by atoms with Crippen LogP contribution in [0.25, 0.3) is 11.3 Å². The van der Waals surface area contributed by atoms with E-state index in [0.29, 0.717) is 12.2 Å². The number of carbonyl (C=O) groups excluding carboxylic acids is 1. The number of aromatic nitrogens is 4. The van der Waals surface area contributed by atoms with E-state index in [1.807, 2.05) is 36.5 Å². The van der Waals surface area contributed by atoms with E-state index in [0.717, 1.165) is 48.5 Å². The van der Waals surface area contributed by atoms with Crippen molar-refractivity contribution in [3.05, 3.63) is 23.1 Å². The Morgan fingerprint density at radius 1 is 1.43 bits per heavy atom. The minimum Gasteiger partial charge on any atom is -0.333 e. The van der Waals surface area contributed by atoms with Gasteiger partial charge in [-0.05, 0) is 39.2 Å². The van der Waals surface area contributed by atoms with E-state index < -0.39 is 0 Å². The molecular formula is C16H24N6O. The van der Waals surface area contributed by atoms with Crippen LogP contribution in [-0.2, 0) is 7.05 Å². The van der Waals surface area contributed by atoms with Gasteiger partial charge in [0.2, 0.25) is 0 Å². The zero-order valence-corrected chi connectivity index (χ0v) is 14.0. The van der Waals surface area contributed by atoms with Crippen LogP contribution in [-0.4, -0.2) is 49.9 Å².